The standard InChI is InChI=1S/C13H16N4O2/c1-9-15-12(19-16-9)8-14-11-6-4-10(5-7-11)13(18)17(2)3/h4-7,14H,8H2,1-3H3. The van der Waals surface area contributed by atoms with Gasteiger partial charge in [0.1, 0.15) is 0 Å². The maximum atomic E-state index is 11.7. The third-order valence-corrected chi connectivity index (χ3v) is 2.55. The molecule has 2 aromatic rings. The van der Waals surface area contributed by atoms with E-state index in [4.69, 9.17) is 4.52 Å². The van der Waals surface area contributed by atoms with Crippen LogP contribution in [0.5, 0.6) is 0 Å². The maximum Gasteiger partial charge on any atom is 0.253 e. The van der Waals surface area contributed by atoms with Gasteiger partial charge < -0.3 is 14.7 Å². The molecule has 1 amide bonds. The second-order valence-electron chi connectivity index (χ2n) is 4.37. The van der Waals surface area contributed by atoms with Crippen molar-refractivity contribution < 1.29 is 9.32 Å². The molecule has 6 heteroatoms. The molecule has 1 N–H and O–H groups in total. The predicted octanol–water partition coefficient (Wildman–Crippen LogP) is 1.69. The highest BCUT2D eigenvalue weighted by Gasteiger charge is 2.07. The van der Waals surface area contributed by atoms with Crippen molar-refractivity contribution in [2.45, 2.75) is 13.5 Å². The van der Waals surface area contributed by atoms with Gasteiger partial charge in [0, 0.05) is 25.3 Å². The van der Waals surface area contributed by atoms with Gasteiger partial charge in [-0.1, -0.05) is 5.16 Å². The van der Waals surface area contributed by atoms with Crippen LogP contribution >= 0.6 is 0 Å². The number of amides is 1. The van der Waals surface area contributed by atoms with Crippen LogP contribution in [0.15, 0.2) is 28.8 Å². The minimum absolute atomic E-state index is 0.0147. The number of carbonyl (C=O) groups is 1. The van der Waals surface area contributed by atoms with Crippen molar-refractivity contribution in [2.75, 3.05) is 19.4 Å². The Balaban J connectivity index is 1.97. The minimum Gasteiger partial charge on any atom is -0.376 e. The van der Waals surface area contributed by atoms with Gasteiger partial charge in [-0.25, -0.2) is 0 Å². The van der Waals surface area contributed by atoms with E-state index in [1.807, 2.05) is 12.1 Å². The normalized spacial score (nSPS) is 10.3. The van der Waals surface area contributed by atoms with E-state index in [0.29, 0.717) is 23.8 Å². The lowest BCUT2D eigenvalue weighted by Crippen LogP contribution is -2.21. The molecule has 0 spiro atoms. The molecule has 1 aromatic heterocycles. The van der Waals surface area contributed by atoms with Gasteiger partial charge in [0.2, 0.25) is 5.89 Å². The average molecular weight is 260 g/mol. The fourth-order valence-electron chi connectivity index (χ4n) is 1.58. The van der Waals surface area contributed by atoms with E-state index in [1.165, 1.54) is 0 Å². The molecule has 1 heterocycles. The van der Waals surface area contributed by atoms with E-state index in [-0.39, 0.29) is 5.91 Å². The molecule has 2 rings (SSSR count). The lowest BCUT2D eigenvalue weighted by Gasteiger charge is -2.10. The molecule has 0 bridgehead atoms. The molecule has 19 heavy (non-hydrogen) atoms. The second-order valence-corrected chi connectivity index (χ2v) is 4.37. The zero-order valence-electron chi connectivity index (χ0n) is 11.2. The predicted molar refractivity (Wildman–Crippen MR) is 70.8 cm³/mol. The quantitative estimate of drug-likeness (QED) is 0.905. The highest BCUT2D eigenvalue weighted by molar-refractivity contribution is 5.94. The summed E-state index contributed by atoms with van der Waals surface area (Å²) in [7, 11) is 3.46. The molecule has 0 unspecified atom stereocenters. The van der Waals surface area contributed by atoms with E-state index in [9.17, 15) is 4.79 Å². The Labute approximate surface area is 111 Å². The van der Waals surface area contributed by atoms with Crippen molar-refractivity contribution in [1.29, 1.82) is 0 Å². The van der Waals surface area contributed by atoms with Crippen LogP contribution in [0.25, 0.3) is 0 Å². The summed E-state index contributed by atoms with van der Waals surface area (Å²) in [6.07, 6.45) is 0. The fraction of sp³-hybridized carbons (Fsp3) is 0.308. The molecule has 0 saturated heterocycles. The Bertz CT molecular complexity index is 560. The van der Waals surface area contributed by atoms with Crippen LogP contribution in [0.2, 0.25) is 0 Å². The summed E-state index contributed by atoms with van der Waals surface area (Å²) in [5.74, 6) is 1.13. The molecule has 100 valence electrons. The van der Waals surface area contributed by atoms with Gasteiger partial charge in [-0.2, -0.15) is 4.98 Å². The molecular formula is C13H16N4O2. The molecule has 0 fully saturated rings. The molecule has 6 nitrogen and oxygen atoms in total. The van der Waals surface area contributed by atoms with Gasteiger partial charge in [-0.05, 0) is 31.2 Å². The first kappa shape index (κ1) is 13.1. The highest BCUT2D eigenvalue weighted by Crippen LogP contribution is 2.11. The smallest absolute Gasteiger partial charge is 0.253 e. The summed E-state index contributed by atoms with van der Waals surface area (Å²) in [5, 5.41) is 6.86. The average Bonchev–Trinajstić information content (AvgIpc) is 2.82. The van der Waals surface area contributed by atoms with Crippen LogP contribution < -0.4 is 5.32 Å². The van der Waals surface area contributed by atoms with Gasteiger partial charge in [0.05, 0.1) is 6.54 Å². The van der Waals surface area contributed by atoms with Crippen LogP contribution in [0, 0.1) is 6.92 Å². The fourth-order valence-corrected chi connectivity index (χ4v) is 1.58. The number of nitrogens with zero attached hydrogens (tertiary/aromatic N) is 3. The minimum atomic E-state index is -0.0147. The number of aryl methyl sites for hydroxylation is 1. The number of hydrogen-bond donors (Lipinski definition) is 1. The van der Waals surface area contributed by atoms with Crippen LogP contribution in [-0.2, 0) is 6.54 Å². The summed E-state index contributed by atoms with van der Waals surface area (Å²) in [5.41, 5.74) is 1.55. The van der Waals surface area contributed by atoms with Gasteiger partial charge in [0.15, 0.2) is 5.82 Å². The first-order valence-corrected chi connectivity index (χ1v) is 5.91. The Morgan fingerprint density at radius 2 is 2.00 bits per heavy atom. The molecule has 0 radical (unpaired) electrons. The molecule has 0 saturated carbocycles. The van der Waals surface area contributed by atoms with E-state index >= 15 is 0 Å². The third kappa shape index (κ3) is 3.31. The van der Waals surface area contributed by atoms with Crippen LogP contribution in [0.3, 0.4) is 0 Å². The molecule has 0 atom stereocenters. The monoisotopic (exact) mass is 260 g/mol. The zero-order chi connectivity index (χ0) is 13.8. The Kier molecular flexibility index (Phi) is 3.79. The number of aromatic nitrogens is 2. The number of anilines is 1. The summed E-state index contributed by atoms with van der Waals surface area (Å²) < 4.78 is 5.00. The molecular weight excluding hydrogens is 244 g/mol. The topological polar surface area (TPSA) is 71.3 Å². The summed E-state index contributed by atoms with van der Waals surface area (Å²) >= 11 is 0. The van der Waals surface area contributed by atoms with E-state index < -0.39 is 0 Å². The van der Waals surface area contributed by atoms with Crippen LogP contribution in [0.1, 0.15) is 22.1 Å². The van der Waals surface area contributed by atoms with E-state index in [0.717, 1.165) is 5.69 Å². The summed E-state index contributed by atoms with van der Waals surface area (Å²) in [6.45, 7) is 2.23. The van der Waals surface area contributed by atoms with Crippen molar-refractivity contribution >= 4 is 11.6 Å². The lowest BCUT2D eigenvalue weighted by molar-refractivity contribution is 0.0827. The van der Waals surface area contributed by atoms with E-state index in [1.54, 1.807) is 38.1 Å². The third-order valence-electron chi connectivity index (χ3n) is 2.55. The first-order chi connectivity index (χ1) is 9.06. The van der Waals surface area contributed by atoms with Gasteiger partial charge in [0.25, 0.3) is 5.91 Å². The highest BCUT2D eigenvalue weighted by atomic mass is 16.5. The zero-order valence-corrected chi connectivity index (χ0v) is 11.2. The maximum absolute atomic E-state index is 11.7. The van der Waals surface area contributed by atoms with Crippen molar-refractivity contribution in [3.63, 3.8) is 0 Å². The van der Waals surface area contributed by atoms with Gasteiger partial charge in [-0.15, -0.1) is 0 Å². The SMILES string of the molecule is Cc1noc(CNc2ccc(C(=O)N(C)C)cc2)n1. The first-order valence-electron chi connectivity index (χ1n) is 5.91. The summed E-state index contributed by atoms with van der Waals surface area (Å²) in [4.78, 5) is 17.3. The van der Waals surface area contributed by atoms with Crippen LogP contribution in [-0.4, -0.2) is 35.0 Å². The van der Waals surface area contributed by atoms with Crippen molar-refractivity contribution in [3.8, 4) is 0 Å². The lowest BCUT2D eigenvalue weighted by atomic mass is 10.2. The Hall–Kier alpha value is -2.37. The Morgan fingerprint density at radius 3 is 2.53 bits per heavy atom. The molecule has 0 aliphatic rings. The molecule has 1 aromatic carbocycles. The van der Waals surface area contributed by atoms with Crippen molar-refractivity contribution in [1.82, 2.24) is 15.0 Å². The van der Waals surface area contributed by atoms with Crippen LogP contribution in [0.4, 0.5) is 5.69 Å². The number of rotatable bonds is 4. The second kappa shape index (κ2) is 5.51. The molecule has 0 aliphatic heterocycles. The van der Waals surface area contributed by atoms with E-state index in [2.05, 4.69) is 15.5 Å². The van der Waals surface area contributed by atoms with Gasteiger partial charge >= 0.3 is 0 Å². The number of carbonyl (C=O) groups excluding carboxylic acids is 1. The number of hydrogen-bond acceptors (Lipinski definition) is 5. The van der Waals surface area contributed by atoms with Crippen molar-refractivity contribution in [3.05, 3.63) is 41.5 Å². The number of nitrogens with one attached hydrogen (secondary N) is 1. The van der Waals surface area contributed by atoms with Gasteiger partial charge in [-0.3, -0.25) is 4.79 Å². The largest absolute Gasteiger partial charge is 0.376 e. The molecule has 0 aliphatic carbocycles. The summed E-state index contributed by atoms with van der Waals surface area (Å²) in [6, 6.07) is 7.26. The van der Waals surface area contributed by atoms with Crippen molar-refractivity contribution in [2.24, 2.45) is 0 Å². The Morgan fingerprint density at radius 1 is 1.32 bits per heavy atom. The number of benzene rings is 1.